The Morgan fingerprint density at radius 3 is 2.00 bits per heavy atom. The molecule has 0 aliphatic rings. The maximum Gasteiger partial charge on any atom is 0.240 e. The Morgan fingerprint density at radius 2 is 1.62 bits per heavy atom. The third-order valence-corrected chi connectivity index (χ3v) is 5.53. The van der Waals surface area contributed by atoms with Gasteiger partial charge < -0.3 is 4.90 Å². The van der Waals surface area contributed by atoms with Crippen LogP contribution in [0.3, 0.4) is 0 Å². The van der Waals surface area contributed by atoms with E-state index in [0.29, 0.717) is 5.56 Å². The topological polar surface area (TPSA) is 54.5 Å². The molecule has 0 saturated heterocycles. The molecular formula is C16H25NO3S. The third-order valence-electron chi connectivity index (χ3n) is 3.52. The van der Waals surface area contributed by atoms with Crippen molar-refractivity contribution in [3.8, 4) is 0 Å². The first kappa shape index (κ1) is 17.7. The normalized spacial score (nSPS) is 13.8. The first-order valence-electron chi connectivity index (χ1n) is 6.97. The molecule has 0 N–H and O–H groups in total. The van der Waals surface area contributed by atoms with Crippen LogP contribution in [0.1, 0.15) is 38.8 Å². The summed E-state index contributed by atoms with van der Waals surface area (Å²) in [5, 5.41) is -1.02. The molecule has 0 aromatic heterocycles. The first-order chi connectivity index (χ1) is 9.45. The Labute approximate surface area is 128 Å². The van der Waals surface area contributed by atoms with Gasteiger partial charge in [-0.3, -0.25) is 4.79 Å². The molecule has 1 amide bonds. The largest absolute Gasteiger partial charge is 0.348 e. The lowest BCUT2D eigenvalue weighted by Crippen LogP contribution is -2.37. The predicted molar refractivity (Wildman–Crippen MR) is 85.9 cm³/mol. The van der Waals surface area contributed by atoms with Crippen molar-refractivity contribution in [3.05, 3.63) is 35.4 Å². The molecule has 0 bridgehead atoms. The average Bonchev–Trinajstić information content (AvgIpc) is 2.35. The standard InChI is InChI=1S/C16H25NO3S/c1-12(15(18)17(5)6)21(19,20)11-13-7-9-14(10-8-13)16(2,3)4/h7-10,12H,11H2,1-6H3. The number of benzene rings is 1. The van der Waals surface area contributed by atoms with Crippen LogP contribution >= 0.6 is 0 Å². The van der Waals surface area contributed by atoms with Gasteiger partial charge in [-0.15, -0.1) is 0 Å². The van der Waals surface area contributed by atoms with Crippen molar-refractivity contribution < 1.29 is 13.2 Å². The van der Waals surface area contributed by atoms with E-state index < -0.39 is 15.1 Å². The van der Waals surface area contributed by atoms with E-state index in [1.54, 1.807) is 14.1 Å². The number of carbonyl (C=O) groups is 1. The zero-order chi connectivity index (χ0) is 16.4. The number of hydrogen-bond donors (Lipinski definition) is 0. The molecule has 0 spiro atoms. The molecule has 0 aliphatic heterocycles. The van der Waals surface area contributed by atoms with Gasteiger partial charge in [-0.05, 0) is 23.5 Å². The average molecular weight is 311 g/mol. The van der Waals surface area contributed by atoms with Crippen molar-refractivity contribution in [3.63, 3.8) is 0 Å². The van der Waals surface area contributed by atoms with Crippen LogP contribution in [0.5, 0.6) is 0 Å². The highest BCUT2D eigenvalue weighted by molar-refractivity contribution is 7.92. The van der Waals surface area contributed by atoms with Crippen LogP contribution in [0.2, 0.25) is 0 Å². The van der Waals surface area contributed by atoms with E-state index in [-0.39, 0.29) is 17.1 Å². The van der Waals surface area contributed by atoms with Crippen LogP contribution in [0.15, 0.2) is 24.3 Å². The Morgan fingerprint density at radius 1 is 1.14 bits per heavy atom. The SMILES string of the molecule is CC(C(=O)N(C)C)S(=O)(=O)Cc1ccc(C(C)(C)C)cc1. The highest BCUT2D eigenvalue weighted by atomic mass is 32.2. The van der Waals surface area contributed by atoms with E-state index in [1.165, 1.54) is 11.8 Å². The summed E-state index contributed by atoms with van der Waals surface area (Å²) in [6.07, 6.45) is 0. The molecule has 5 heteroatoms. The lowest BCUT2D eigenvalue weighted by Gasteiger charge is -2.20. The van der Waals surface area contributed by atoms with Crippen molar-refractivity contribution in [2.24, 2.45) is 0 Å². The first-order valence-corrected chi connectivity index (χ1v) is 8.69. The zero-order valence-corrected chi connectivity index (χ0v) is 14.5. The van der Waals surface area contributed by atoms with E-state index in [2.05, 4.69) is 20.8 Å². The summed E-state index contributed by atoms with van der Waals surface area (Å²) in [5.74, 6) is -0.501. The highest BCUT2D eigenvalue weighted by Gasteiger charge is 2.29. The fourth-order valence-electron chi connectivity index (χ4n) is 1.98. The number of hydrogen-bond acceptors (Lipinski definition) is 3. The van der Waals surface area contributed by atoms with Gasteiger partial charge in [0, 0.05) is 14.1 Å². The van der Waals surface area contributed by atoms with Gasteiger partial charge in [0.05, 0.1) is 5.75 Å². The highest BCUT2D eigenvalue weighted by Crippen LogP contribution is 2.23. The van der Waals surface area contributed by atoms with Crippen molar-refractivity contribution in [2.75, 3.05) is 14.1 Å². The van der Waals surface area contributed by atoms with Gasteiger partial charge in [0.2, 0.25) is 5.91 Å². The second-order valence-electron chi connectivity index (χ2n) is 6.63. The minimum absolute atomic E-state index is 0.0333. The second kappa shape index (κ2) is 6.18. The maximum absolute atomic E-state index is 12.3. The van der Waals surface area contributed by atoms with E-state index >= 15 is 0 Å². The quantitative estimate of drug-likeness (QED) is 0.858. The Kier molecular flexibility index (Phi) is 5.20. The molecule has 0 saturated carbocycles. The molecule has 1 aromatic carbocycles. The fourth-order valence-corrected chi connectivity index (χ4v) is 3.40. The summed E-state index contributed by atoms with van der Waals surface area (Å²) in [6, 6.07) is 7.54. The molecule has 21 heavy (non-hydrogen) atoms. The van der Waals surface area contributed by atoms with Crippen molar-refractivity contribution in [1.29, 1.82) is 0 Å². The van der Waals surface area contributed by atoms with Crippen LogP contribution in [0, 0.1) is 0 Å². The molecular weight excluding hydrogens is 286 g/mol. The van der Waals surface area contributed by atoms with Gasteiger partial charge >= 0.3 is 0 Å². The number of carbonyl (C=O) groups excluding carboxylic acids is 1. The van der Waals surface area contributed by atoms with Gasteiger partial charge in [0.1, 0.15) is 5.25 Å². The zero-order valence-electron chi connectivity index (χ0n) is 13.7. The summed E-state index contributed by atoms with van der Waals surface area (Å²) >= 11 is 0. The van der Waals surface area contributed by atoms with E-state index in [9.17, 15) is 13.2 Å². The molecule has 4 nitrogen and oxygen atoms in total. The number of amides is 1. The van der Waals surface area contributed by atoms with E-state index in [0.717, 1.165) is 5.56 Å². The van der Waals surface area contributed by atoms with Gasteiger partial charge in [0.25, 0.3) is 0 Å². The molecule has 1 rings (SSSR count). The monoisotopic (exact) mass is 311 g/mol. The Bertz CT molecular complexity index is 595. The Balaban J connectivity index is 2.93. The van der Waals surface area contributed by atoms with Crippen LogP contribution in [-0.2, 0) is 25.8 Å². The lowest BCUT2D eigenvalue weighted by molar-refractivity contribution is -0.127. The molecule has 1 atom stereocenters. The van der Waals surface area contributed by atoms with E-state index in [4.69, 9.17) is 0 Å². The van der Waals surface area contributed by atoms with Crippen LogP contribution in [-0.4, -0.2) is 38.6 Å². The minimum atomic E-state index is -3.50. The molecule has 0 heterocycles. The number of sulfone groups is 1. The summed E-state index contributed by atoms with van der Waals surface area (Å²) in [4.78, 5) is 13.1. The fraction of sp³-hybridized carbons (Fsp3) is 0.562. The van der Waals surface area contributed by atoms with Crippen molar-refractivity contribution >= 4 is 15.7 Å². The molecule has 0 radical (unpaired) electrons. The summed E-state index contributed by atoms with van der Waals surface area (Å²) in [7, 11) is -0.373. The molecule has 1 unspecified atom stereocenters. The maximum atomic E-state index is 12.3. The third kappa shape index (κ3) is 4.56. The summed E-state index contributed by atoms with van der Waals surface area (Å²) in [6.45, 7) is 7.77. The van der Waals surface area contributed by atoms with Gasteiger partial charge in [-0.2, -0.15) is 0 Å². The second-order valence-corrected chi connectivity index (χ2v) is 8.95. The molecule has 0 aliphatic carbocycles. The minimum Gasteiger partial charge on any atom is -0.348 e. The van der Waals surface area contributed by atoms with E-state index in [1.807, 2.05) is 24.3 Å². The van der Waals surface area contributed by atoms with Crippen LogP contribution in [0.4, 0.5) is 0 Å². The van der Waals surface area contributed by atoms with Crippen molar-refractivity contribution in [2.45, 2.75) is 44.1 Å². The predicted octanol–water partition coefficient (Wildman–Crippen LogP) is 2.38. The van der Waals surface area contributed by atoms with Gasteiger partial charge in [-0.1, -0.05) is 45.0 Å². The van der Waals surface area contributed by atoms with Crippen LogP contribution in [0.25, 0.3) is 0 Å². The molecule has 1 aromatic rings. The molecule has 118 valence electrons. The Hall–Kier alpha value is -1.36. The molecule has 0 fully saturated rings. The van der Waals surface area contributed by atoms with Crippen molar-refractivity contribution in [1.82, 2.24) is 4.90 Å². The van der Waals surface area contributed by atoms with Crippen LogP contribution < -0.4 is 0 Å². The summed E-state index contributed by atoms with van der Waals surface area (Å²) in [5.41, 5.74) is 1.90. The summed E-state index contributed by atoms with van der Waals surface area (Å²) < 4.78 is 24.6. The number of nitrogens with zero attached hydrogens (tertiary/aromatic N) is 1. The lowest BCUT2D eigenvalue weighted by atomic mass is 9.87. The smallest absolute Gasteiger partial charge is 0.240 e. The van der Waals surface area contributed by atoms with Gasteiger partial charge in [-0.25, -0.2) is 8.42 Å². The van der Waals surface area contributed by atoms with Gasteiger partial charge in [0.15, 0.2) is 9.84 Å². The number of rotatable bonds is 4.